The predicted molar refractivity (Wildman–Crippen MR) is 129 cm³/mol. The van der Waals surface area contributed by atoms with Gasteiger partial charge in [0.1, 0.15) is 6.04 Å². The molecular formula is C26H33ClN2O2. The van der Waals surface area contributed by atoms with Crippen molar-refractivity contribution in [3.05, 3.63) is 76.8 Å². The van der Waals surface area contributed by atoms with Gasteiger partial charge >= 0.3 is 0 Å². The Hall–Kier alpha value is -2.59. The third kappa shape index (κ3) is 6.96. The number of carbonyl (C=O) groups excluding carboxylic acids is 2. The van der Waals surface area contributed by atoms with E-state index in [2.05, 4.69) is 17.4 Å². The van der Waals surface area contributed by atoms with E-state index in [0.717, 1.165) is 23.4 Å². The molecule has 1 saturated heterocycles. The van der Waals surface area contributed by atoms with Gasteiger partial charge in [0.15, 0.2) is 0 Å². The summed E-state index contributed by atoms with van der Waals surface area (Å²) in [6, 6.07) is 17.1. The van der Waals surface area contributed by atoms with Gasteiger partial charge in [-0.1, -0.05) is 75.3 Å². The first-order chi connectivity index (χ1) is 14.4. The molecule has 31 heavy (non-hydrogen) atoms. The van der Waals surface area contributed by atoms with Crippen LogP contribution in [0.1, 0.15) is 51.2 Å². The zero-order valence-corrected chi connectivity index (χ0v) is 18.3. The molecule has 3 rings (SSSR count). The van der Waals surface area contributed by atoms with E-state index in [9.17, 15) is 9.59 Å². The van der Waals surface area contributed by atoms with Crippen LogP contribution in [-0.2, 0) is 9.59 Å². The van der Waals surface area contributed by atoms with Crippen molar-refractivity contribution in [3.63, 3.8) is 0 Å². The average Bonchev–Trinajstić information content (AvgIpc) is 2.77. The second-order valence-electron chi connectivity index (χ2n) is 8.13. The van der Waals surface area contributed by atoms with Gasteiger partial charge in [-0.3, -0.25) is 9.59 Å². The molecule has 1 atom stereocenters. The van der Waals surface area contributed by atoms with E-state index in [0.29, 0.717) is 19.0 Å². The van der Waals surface area contributed by atoms with E-state index >= 15 is 0 Å². The number of rotatable bonds is 6. The smallest absolute Gasteiger partial charge is 0.245 e. The molecule has 2 aromatic carbocycles. The number of hydrogen-bond acceptors (Lipinski definition) is 2. The largest absolute Gasteiger partial charge is 0.341 e. The highest BCUT2D eigenvalue weighted by Crippen LogP contribution is 2.29. The quantitative estimate of drug-likeness (QED) is 0.600. The van der Waals surface area contributed by atoms with Gasteiger partial charge in [-0.05, 0) is 54.0 Å². The maximum atomic E-state index is 13.1. The average molecular weight is 441 g/mol. The van der Waals surface area contributed by atoms with Crippen molar-refractivity contribution in [1.29, 1.82) is 0 Å². The molecule has 0 aliphatic carbocycles. The Balaban J connectivity index is 0.00000341. The van der Waals surface area contributed by atoms with Crippen molar-refractivity contribution in [2.24, 2.45) is 5.92 Å². The van der Waals surface area contributed by atoms with E-state index in [1.807, 2.05) is 61.2 Å². The zero-order valence-electron chi connectivity index (χ0n) is 17.6. The molecule has 1 aliphatic rings. The SMILES string of the molecule is C.CC(C)[C@@H](NC(=O)/C=C/c1ccccc1)C(=O)N1CCC(c2ccc(Cl)cc2)CC1. The predicted octanol–water partition coefficient (Wildman–Crippen LogP) is 5.54. The van der Waals surface area contributed by atoms with Crippen molar-refractivity contribution in [1.82, 2.24) is 10.2 Å². The van der Waals surface area contributed by atoms with Crippen LogP contribution in [0.15, 0.2) is 60.7 Å². The third-order valence-corrected chi connectivity index (χ3v) is 5.86. The Bertz CT molecular complexity index is 870. The van der Waals surface area contributed by atoms with E-state index in [-0.39, 0.29) is 25.2 Å². The minimum atomic E-state index is -0.523. The lowest BCUT2D eigenvalue weighted by molar-refractivity contribution is -0.137. The number of likely N-dealkylation sites (tertiary alicyclic amines) is 1. The summed E-state index contributed by atoms with van der Waals surface area (Å²) in [7, 11) is 0. The normalized spacial score (nSPS) is 15.5. The van der Waals surface area contributed by atoms with Crippen molar-refractivity contribution in [3.8, 4) is 0 Å². The molecule has 1 fully saturated rings. The van der Waals surface area contributed by atoms with Crippen LogP contribution in [0.5, 0.6) is 0 Å². The molecule has 0 aromatic heterocycles. The fraction of sp³-hybridized carbons (Fsp3) is 0.385. The molecule has 0 spiro atoms. The molecule has 1 heterocycles. The second kappa shape index (κ2) is 11.7. The molecule has 0 bridgehead atoms. The van der Waals surface area contributed by atoms with Crippen LogP contribution in [0.25, 0.3) is 6.08 Å². The van der Waals surface area contributed by atoms with Gasteiger partial charge in [-0.25, -0.2) is 0 Å². The molecule has 1 aliphatic heterocycles. The number of carbonyl (C=O) groups is 2. The van der Waals surface area contributed by atoms with Crippen LogP contribution in [-0.4, -0.2) is 35.8 Å². The van der Waals surface area contributed by atoms with Crippen molar-refractivity contribution >= 4 is 29.5 Å². The highest BCUT2D eigenvalue weighted by atomic mass is 35.5. The van der Waals surface area contributed by atoms with Crippen LogP contribution < -0.4 is 5.32 Å². The number of nitrogens with zero attached hydrogens (tertiary/aromatic N) is 1. The van der Waals surface area contributed by atoms with Gasteiger partial charge in [0.05, 0.1) is 0 Å². The van der Waals surface area contributed by atoms with E-state index in [1.54, 1.807) is 6.08 Å². The molecule has 2 aromatic rings. The lowest BCUT2D eigenvalue weighted by Crippen LogP contribution is -2.52. The van der Waals surface area contributed by atoms with E-state index in [1.165, 1.54) is 11.6 Å². The molecule has 166 valence electrons. The van der Waals surface area contributed by atoms with Crippen molar-refractivity contribution in [2.45, 2.75) is 46.1 Å². The Morgan fingerprint density at radius 2 is 1.65 bits per heavy atom. The Kier molecular flexibility index (Phi) is 9.32. The minimum Gasteiger partial charge on any atom is -0.341 e. The fourth-order valence-electron chi connectivity index (χ4n) is 3.82. The number of benzene rings is 2. The first kappa shape index (κ1) is 24.7. The zero-order chi connectivity index (χ0) is 21.5. The van der Waals surface area contributed by atoms with E-state index in [4.69, 9.17) is 11.6 Å². The molecule has 1 N–H and O–H groups in total. The highest BCUT2D eigenvalue weighted by Gasteiger charge is 2.31. The standard InChI is InChI=1S/C25H29ClN2O2.CH4/c1-18(2)24(27-23(29)13-8-19-6-4-3-5-7-19)25(30)28-16-14-21(15-17-28)20-9-11-22(26)12-10-20;/h3-13,18,21,24H,14-17H2,1-2H3,(H,27,29);1H4/b13-8+;/t24-;/m1./s1. The first-order valence-electron chi connectivity index (χ1n) is 10.5. The first-order valence-corrected chi connectivity index (χ1v) is 10.9. The maximum absolute atomic E-state index is 13.1. The number of piperidine rings is 1. The van der Waals surface area contributed by atoms with Gasteiger partial charge in [0.25, 0.3) is 0 Å². The Morgan fingerprint density at radius 1 is 1.03 bits per heavy atom. The Labute approximate surface area is 191 Å². The topological polar surface area (TPSA) is 49.4 Å². The lowest BCUT2D eigenvalue weighted by Gasteiger charge is -2.35. The van der Waals surface area contributed by atoms with Crippen LogP contribution in [0.4, 0.5) is 0 Å². The lowest BCUT2D eigenvalue weighted by atomic mass is 9.89. The minimum absolute atomic E-state index is 0. The second-order valence-corrected chi connectivity index (χ2v) is 8.56. The summed E-state index contributed by atoms with van der Waals surface area (Å²) in [4.78, 5) is 27.4. The molecule has 5 heteroatoms. The van der Waals surface area contributed by atoms with Crippen LogP contribution in [0.3, 0.4) is 0 Å². The van der Waals surface area contributed by atoms with Gasteiger partial charge in [-0.15, -0.1) is 0 Å². The van der Waals surface area contributed by atoms with Crippen molar-refractivity contribution in [2.75, 3.05) is 13.1 Å². The molecule has 0 saturated carbocycles. The van der Waals surface area contributed by atoms with Crippen molar-refractivity contribution < 1.29 is 9.59 Å². The fourth-order valence-corrected chi connectivity index (χ4v) is 3.94. The van der Waals surface area contributed by atoms with Crippen LogP contribution in [0.2, 0.25) is 5.02 Å². The van der Waals surface area contributed by atoms with Gasteiger partial charge in [0.2, 0.25) is 11.8 Å². The molecule has 4 nitrogen and oxygen atoms in total. The number of hydrogen-bond donors (Lipinski definition) is 1. The summed E-state index contributed by atoms with van der Waals surface area (Å²) in [6.07, 6.45) is 5.08. The summed E-state index contributed by atoms with van der Waals surface area (Å²) in [5, 5.41) is 3.64. The monoisotopic (exact) mass is 440 g/mol. The maximum Gasteiger partial charge on any atom is 0.245 e. The van der Waals surface area contributed by atoms with Gasteiger partial charge in [-0.2, -0.15) is 0 Å². The Morgan fingerprint density at radius 3 is 2.23 bits per heavy atom. The summed E-state index contributed by atoms with van der Waals surface area (Å²) >= 11 is 5.99. The number of amides is 2. The van der Waals surface area contributed by atoms with Gasteiger partial charge in [0, 0.05) is 24.2 Å². The molecule has 0 radical (unpaired) electrons. The number of halogens is 1. The summed E-state index contributed by atoms with van der Waals surface area (Å²) < 4.78 is 0. The summed E-state index contributed by atoms with van der Waals surface area (Å²) in [5.41, 5.74) is 2.22. The molecule has 2 amide bonds. The van der Waals surface area contributed by atoms with Crippen LogP contribution >= 0.6 is 11.6 Å². The summed E-state index contributed by atoms with van der Waals surface area (Å²) in [5.74, 6) is 0.204. The van der Waals surface area contributed by atoms with E-state index < -0.39 is 6.04 Å². The molecule has 0 unspecified atom stereocenters. The highest BCUT2D eigenvalue weighted by molar-refractivity contribution is 6.30. The summed E-state index contributed by atoms with van der Waals surface area (Å²) in [6.45, 7) is 5.32. The third-order valence-electron chi connectivity index (χ3n) is 5.61. The van der Waals surface area contributed by atoms with Gasteiger partial charge < -0.3 is 10.2 Å². The van der Waals surface area contributed by atoms with Crippen LogP contribution in [0, 0.1) is 5.92 Å². The molecular weight excluding hydrogens is 408 g/mol. The number of nitrogens with one attached hydrogen (secondary N) is 1.